The van der Waals surface area contributed by atoms with E-state index in [-0.39, 0.29) is 5.96 Å². The first-order chi connectivity index (χ1) is 10.7. The maximum Gasteiger partial charge on any atom is 0.220 e. The molecular weight excluding hydrogens is 276 g/mol. The fourth-order valence-electron chi connectivity index (χ4n) is 1.78. The van der Waals surface area contributed by atoms with Gasteiger partial charge < -0.3 is 15.8 Å². The minimum absolute atomic E-state index is 0.186. The minimum atomic E-state index is 0.186. The third-order valence-corrected chi connectivity index (χ3v) is 2.82. The Morgan fingerprint density at radius 2 is 2.18 bits per heavy atom. The molecule has 0 aromatic heterocycles. The van der Waals surface area contributed by atoms with Gasteiger partial charge in [-0.2, -0.15) is 0 Å². The highest BCUT2D eigenvalue weighted by molar-refractivity contribution is 5.91. The number of guanidine groups is 1. The van der Waals surface area contributed by atoms with Crippen molar-refractivity contribution in [2.75, 3.05) is 13.2 Å². The zero-order valence-electron chi connectivity index (χ0n) is 12.4. The summed E-state index contributed by atoms with van der Waals surface area (Å²) in [5.74, 6) is 0.952. The molecule has 1 aliphatic heterocycles. The monoisotopic (exact) mass is 296 g/mol. The number of nitrogens with one attached hydrogen (secondary N) is 1. The van der Waals surface area contributed by atoms with E-state index in [2.05, 4.69) is 28.0 Å². The van der Waals surface area contributed by atoms with Crippen LogP contribution >= 0.6 is 0 Å². The van der Waals surface area contributed by atoms with E-state index in [9.17, 15) is 0 Å². The van der Waals surface area contributed by atoms with Gasteiger partial charge in [0.25, 0.3) is 0 Å². The van der Waals surface area contributed by atoms with Crippen LogP contribution in [0.15, 0.2) is 70.8 Å². The molecule has 0 unspecified atom stereocenters. The van der Waals surface area contributed by atoms with Gasteiger partial charge in [-0.15, -0.1) is 0 Å². The molecule has 0 radical (unpaired) electrons. The number of ether oxygens (including phenoxy) is 1. The summed E-state index contributed by atoms with van der Waals surface area (Å²) in [6, 6.07) is 7.46. The summed E-state index contributed by atoms with van der Waals surface area (Å²) < 4.78 is 5.68. The second-order valence-electron chi connectivity index (χ2n) is 4.62. The highest BCUT2D eigenvalue weighted by atomic mass is 16.5. The van der Waals surface area contributed by atoms with Crippen LogP contribution < -0.4 is 15.8 Å². The molecule has 22 heavy (non-hydrogen) atoms. The van der Waals surface area contributed by atoms with Gasteiger partial charge in [-0.05, 0) is 30.7 Å². The Bertz CT molecular complexity index is 629. The molecule has 0 saturated carbocycles. The summed E-state index contributed by atoms with van der Waals surface area (Å²) in [4.78, 5) is 8.28. The molecule has 0 spiro atoms. The van der Waals surface area contributed by atoms with Crippen LogP contribution in [0.2, 0.25) is 0 Å². The lowest BCUT2D eigenvalue weighted by molar-refractivity contribution is 0.325. The lowest BCUT2D eigenvalue weighted by Gasteiger charge is -2.05. The Balaban J connectivity index is 2.17. The Labute approximate surface area is 130 Å². The number of fused-ring (bicyclic) bond motifs is 2. The van der Waals surface area contributed by atoms with Crippen molar-refractivity contribution in [2.24, 2.45) is 15.7 Å². The quantitative estimate of drug-likeness (QED) is 0.723. The van der Waals surface area contributed by atoms with Crippen LogP contribution in [0.3, 0.4) is 0 Å². The number of nitrogens with zero attached hydrogens (tertiary/aromatic N) is 2. The Morgan fingerprint density at radius 1 is 1.27 bits per heavy atom. The van der Waals surface area contributed by atoms with Crippen LogP contribution in [0.1, 0.15) is 6.42 Å². The average Bonchev–Trinajstić information content (AvgIpc) is 2.50. The van der Waals surface area contributed by atoms with Crippen molar-refractivity contribution in [1.29, 1.82) is 0 Å². The van der Waals surface area contributed by atoms with Crippen LogP contribution in [0.5, 0.6) is 5.75 Å². The van der Waals surface area contributed by atoms with Crippen molar-refractivity contribution in [3.05, 3.63) is 60.8 Å². The van der Waals surface area contributed by atoms with Crippen molar-refractivity contribution >= 4 is 17.9 Å². The molecule has 3 N–H and O–H groups in total. The highest BCUT2D eigenvalue weighted by Crippen LogP contribution is 2.20. The van der Waals surface area contributed by atoms with Gasteiger partial charge in [0.2, 0.25) is 5.96 Å². The predicted molar refractivity (Wildman–Crippen MR) is 91.8 cm³/mol. The van der Waals surface area contributed by atoms with Crippen molar-refractivity contribution in [3.8, 4) is 5.75 Å². The van der Waals surface area contributed by atoms with E-state index in [4.69, 9.17) is 10.5 Å². The maximum absolute atomic E-state index is 5.77. The summed E-state index contributed by atoms with van der Waals surface area (Å²) in [7, 11) is 0. The third kappa shape index (κ3) is 5.66. The molecule has 0 amide bonds. The van der Waals surface area contributed by atoms with Gasteiger partial charge in [-0.1, -0.05) is 24.8 Å². The molecule has 1 aliphatic rings. The normalized spacial score (nSPS) is 20.7. The summed E-state index contributed by atoms with van der Waals surface area (Å²) in [6.45, 7) is 5.22. The number of rotatable bonds is 0. The first-order valence-corrected chi connectivity index (χ1v) is 7.09. The Kier molecular flexibility index (Phi) is 5.99. The second kappa shape index (κ2) is 8.46. The molecule has 1 aromatic rings. The van der Waals surface area contributed by atoms with Crippen LogP contribution in [0.4, 0.5) is 5.69 Å². The van der Waals surface area contributed by atoms with E-state index in [1.54, 1.807) is 12.3 Å². The molecule has 5 heteroatoms. The molecular formula is C17H20N4O. The molecule has 0 atom stereocenters. The van der Waals surface area contributed by atoms with Crippen LogP contribution in [0.25, 0.3) is 0 Å². The molecule has 0 aliphatic carbocycles. The Hall–Kier alpha value is -2.82. The number of allylic oxidation sites excluding steroid dienone is 2. The minimum Gasteiger partial charge on any atom is -0.493 e. The van der Waals surface area contributed by atoms with Gasteiger partial charge in [0.15, 0.2) is 0 Å². The standard InChI is InChI=1S/C17H20N4O/c1-14-7-6-11-20-17(18)21-15-8-5-9-16(13-15)22-12-4-2-3-10-19-14/h2-3,5-9,11,13,19H,1,4,10,12H2,(H2,18,21)/b3-2-,7-6+,20-11+. The van der Waals surface area contributed by atoms with Crippen molar-refractivity contribution < 1.29 is 4.74 Å². The van der Waals surface area contributed by atoms with E-state index < -0.39 is 0 Å². The van der Waals surface area contributed by atoms with E-state index in [1.807, 2.05) is 36.4 Å². The van der Waals surface area contributed by atoms with Crippen LogP contribution in [-0.4, -0.2) is 25.3 Å². The molecule has 2 rings (SSSR count). The van der Waals surface area contributed by atoms with Crippen LogP contribution in [0, 0.1) is 0 Å². The molecule has 0 fully saturated rings. The number of nitrogens with two attached hydrogens (primary N) is 1. The zero-order chi connectivity index (χ0) is 15.6. The average molecular weight is 296 g/mol. The Morgan fingerprint density at radius 3 is 3.09 bits per heavy atom. The molecule has 1 heterocycles. The maximum atomic E-state index is 5.77. The molecule has 0 saturated heterocycles. The second-order valence-corrected chi connectivity index (χ2v) is 4.62. The van der Waals surface area contributed by atoms with E-state index in [1.165, 1.54) is 0 Å². The molecule has 2 bridgehead atoms. The van der Waals surface area contributed by atoms with Crippen molar-refractivity contribution in [1.82, 2.24) is 5.32 Å². The van der Waals surface area contributed by atoms with Gasteiger partial charge >= 0.3 is 0 Å². The van der Waals surface area contributed by atoms with Gasteiger partial charge in [0, 0.05) is 24.5 Å². The van der Waals surface area contributed by atoms with E-state index in [0.717, 1.165) is 24.4 Å². The number of hydrogen-bond donors (Lipinski definition) is 2. The largest absolute Gasteiger partial charge is 0.493 e. The number of aliphatic imine (C=N–C) groups is 2. The summed E-state index contributed by atoms with van der Waals surface area (Å²) >= 11 is 0. The third-order valence-electron chi connectivity index (χ3n) is 2.82. The SMILES string of the molecule is C=C1/C=C/C=N/C(N)=Nc2cccc(c2)OCC/C=C\CN1. The molecule has 5 nitrogen and oxygen atoms in total. The first-order valence-electron chi connectivity index (χ1n) is 7.09. The van der Waals surface area contributed by atoms with Crippen LogP contribution in [-0.2, 0) is 0 Å². The molecule has 1 aromatic carbocycles. The van der Waals surface area contributed by atoms with Gasteiger partial charge in [-0.25, -0.2) is 9.98 Å². The van der Waals surface area contributed by atoms with E-state index in [0.29, 0.717) is 12.3 Å². The van der Waals surface area contributed by atoms with Gasteiger partial charge in [0.1, 0.15) is 5.75 Å². The zero-order valence-corrected chi connectivity index (χ0v) is 12.4. The summed E-state index contributed by atoms with van der Waals surface area (Å²) in [5.41, 5.74) is 7.29. The highest BCUT2D eigenvalue weighted by Gasteiger charge is 1.96. The summed E-state index contributed by atoms with van der Waals surface area (Å²) in [5, 5.41) is 3.16. The van der Waals surface area contributed by atoms with Crippen molar-refractivity contribution in [3.63, 3.8) is 0 Å². The molecule has 114 valence electrons. The van der Waals surface area contributed by atoms with Gasteiger partial charge in [0.05, 0.1) is 12.3 Å². The topological polar surface area (TPSA) is 72.0 Å². The fourth-order valence-corrected chi connectivity index (χ4v) is 1.78. The van der Waals surface area contributed by atoms with E-state index >= 15 is 0 Å². The lowest BCUT2D eigenvalue weighted by atomic mass is 10.3. The number of hydrogen-bond acceptors (Lipinski definition) is 5. The van der Waals surface area contributed by atoms with Gasteiger partial charge in [-0.3, -0.25) is 0 Å². The first kappa shape index (κ1) is 15.6. The lowest BCUT2D eigenvalue weighted by Crippen LogP contribution is -2.10. The smallest absolute Gasteiger partial charge is 0.220 e. The number of benzene rings is 1. The van der Waals surface area contributed by atoms with Crippen molar-refractivity contribution in [2.45, 2.75) is 6.42 Å². The predicted octanol–water partition coefficient (Wildman–Crippen LogP) is 2.70. The fraction of sp³-hybridized carbons (Fsp3) is 0.176. The summed E-state index contributed by atoms with van der Waals surface area (Å²) in [6.07, 6.45) is 10.1.